The zero-order chi connectivity index (χ0) is 9.97. The number of nitrogens with zero attached hydrogens (tertiary/aromatic N) is 4. The number of nitrogen functional groups attached to an aromatic ring is 1. The molecule has 0 aliphatic heterocycles. The lowest BCUT2D eigenvalue weighted by Gasteiger charge is -2.03. The van der Waals surface area contributed by atoms with E-state index in [2.05, 4.69) is 20.4 Å². The summed E-state index contributed by atoms with van der Waals surface area (Å²) in [4.78, 5) is 8.01. The minimum absolute atomic E-state index is 0.503. The van der Waals surface area contributed by atoms with E-state index in [1.807, 2.05) is 13.1 Å². The van der Waals surface area contributed by atoms with Crippen molar-refractivity contribution < 1.29 is 0 Å². The summed E-state index contributed by atoms with van der Waals surface area (Å²) in [6.45, 7) is 0. The van der Waals surface area contributed by atoms with Crippen LogP contribution in [0.4, 0.5) is 17.5 Å². The molecule has 0 atom stereocenters. The fourth-order valence-corrected chi connectivity index (χ4v) is 1.01. The second kappa shape index (κ2) is 3.33. The van der Waals surface area contributed by atoms with Crippen molar-refractivity contribution in [1.29, 1.82) is 0 Å². The average molecular weight is 190 g/mol. The predicted octanol–water partition coefficient (Wildman–Crippen LogP) is 0.536. The highest BCUT2D eigenvalue weighted by Gasteiger charge is 2.00. The number of hydrogen-bond acceptors (Lipinski definition) is 5. The van der Waals surface area contributed by atoms with Crippen molar-refractivity contribution in [2.24, 2.45) is 7.05 Å². The molecule has 0 spiro atoms. The van der Waals surface area contributed by atoms with Crippen molar-refractivity contribution >= 4 is 17.5 Å². The third-order valence-electron chi connectivity index (χ3n) is 1.73. The first-order valence-electron chi connectivity index (χ1n) is 4.08. The van der Waals surface area contributed by atoms with E-state index in [-0.39, 0.29) is 0 Å². The van der Waals surface area contributed by atoms with Gasteiger partial charge in [0.15, 0.2) is 0 Å². The molecule has 0 bridgehead atoms. The molecule has 0 aromatic carbocycles. The highest BCUT2D eigenvalue weighted by molar-refractivity contribution is 5.48. The maximum atomic E-state index is 5.46. The lowest BCUT2D eigenvalue weighted by molar-refractivity contribution is 0.775. The first-order valence-corrected chi connectivity index (χ1v) is 4.08. The van der Waals surface area contributed by atoms with Crippen LogP contribution >= 0.6 is 0 Å². The summed E-state index contributed by atoms with van der Waals surface area (Å²) in [5, 5.41) is 7.01. The van der Waals surface area contributed by atoms with Gasteiger partial charge in [0.2, 0.25) is 5.95 Å². The molecule has 0 fully saturated rings. The van der Waals surface area contributed by atoms with Gasteiger partial charge in [-0.1, -0.05) is 0 Å². The van der Waals surface area contributed by atoms with Crippen LogP contribution in [0.15, 0.2) is 24.7 Å². The molecule has 0 amide bonds. The van der Waals surface area contributed by atoms with Crippen molar-refractivity contribution in [2.45, 2.75) is 0 Å². The van der Waals surface area contributed by atoms with Gasteiger partial charge in [-0.25, -0.2) is 9.97 Å². The lowest BCUT2D eigenvalue weighted by Crippen LogP contribution is -2.02. The van der Waals surface area contributed by atoms with Gasteiger partial charge in [-0.05, 0) is 0 Å². The van der Waals surface area contributed by atoms with Crippen molar-refractivity contribution in [2.75, 3.05) is 11.1 Å². The molecule has 6 heteroatoms. The molecule has 14 heavy (non-hydrogen) atoms. The fraction of sp³-hybridized carbons (Fsp3) is 0.125. The van der Waals surface area contributed by atoms with E-state index in [1.165, 1.54) is 0 Å². The van der Waals surface area contributed by atoms with Crippen LogP contribution in [-0.2, 0) is 7.05 Å². The third-order valence-corrected chi connectivity index (χ3v) is 1.73. The minimum atomic E-state index is 0.503. The summed E-state index contributed by atoms with van der Waals surface area (Å²) in [5.74, 6) is 1.33. The minimum Gasteiger partial charge on any atom is -0.396 e. The van der Waals surface area contributed by atoms with Gasteiger partial charge in [0.1, 0.15) is 5.82 Å². The highest BCUT2D eigenvalue weighted by Crippen LogP contribution is 2.10. The molecule has 2 rings (SSSR count). The Morgan fingerprint density at radius 2 is 2.07 bits per heavy atom. The van der Waals surface area contributed by atoms with Crippen LogP contribution in [-0.4, -0.2) is 19.7 Å². The molecule has 0 saturated heterocycles. The van der Waals surface area contributed by atoms with Gasteiger partial charge in [0.25, 0.3) is 0 Å². The molecule has 2 heterocycles. The maximum absolute atomic E-state index is 5.46. The summed E-state index contributed by atoms with van der Waals surface area (Å²) in [6, 6.07) is 1.83. The van der Waals surface area contributed by atoms with Crippen LogP contribution in [0.3, 0.4) is 0 Å². The van der Waals surface area contributed by atoms with Crippen molar-refractivity contribution in [3.8, 4) is 0 Å². The number of nitrogens with two attached hydrogens (primary N) is 1. The molecular weight excluding hydrogens is 180 g/mol. The predicted molar refractivity (Wildman–Crippen MR) is 52.9 cm³/mol. The summed E-state index contributed by atoms with van der Waals surface area (Å²) in [6.07, 6.45) is 4.79. The van der Waals surface area contributed by atoms with Gasteiger partial charge in [0.05, 0.1) is 24.3 Å². The number of nitrogens with one attached hydrogen (secondary N) is 1. The van der Waals surface area contributed by atoms with Crippen LogP contribution in [0.2, 0.25) is 0 Å². The monoisotopic (exact) mass is 190 g/mol. The van der Waals surface area contributed by atoms with E-state index >= 15 is 0 Å². The fourth-order valence-electron chi connectivity index (χ4n) is 1.01. The SMILES string of the molecule is Cn1nccc1Nc1ncc(N)cn1. The Bertz CT molecular complexity index is 418. The quantitative estimate of drug-likeness (QED) is 0.722. The molecule has 0 unspecified atom stereocenters. The Labute approximate surface area is 80.8 Å². The lowest BCUT2D eigenvalue weighted by atomic mass is 10.5. The van der Waals surface area contributed by atoms with E-state index in [0.29, 0.717) is 11.6 Å². The number of aromatic nitrogens is 4. The Hall–Kier alpha value is -2.11. The Morgan fingerprint density at radius 1 is 1.36 bits per heavy atom. The standard InChI is InChI=1S/C8H10N6/c1-14-7(2-3-12-14)13-8-10-4-6(9)5-11-8/h2-5H,9H2,1H3,(H,10,11,13). The normalized spacial score (nSPS) is 10.1. The summed E-state index contributed by atoms with van der Waals surface area (Å²) in [7, 11) is 1.83. The van der Waals surface area contributed by atoms with Gasteiger partial charge in [-0.2, -0.15) is 5.10 Å². The molecule has 0 aliphatic carbocycles. The van der Waals surface area contributed by atoms with Crippen LogP contribution in [0.5, 0.6) is 0 Å². The van der Waals surface area contributed by atoms with Gasteiger partial charge >= 0.3 is 0 Å². The summed E-state index contributed by atoms with van der Waals surface area (Å²) < 4.78 is 1.69. The van der Waals surface area contributed by atoms with Crippen LogP contribution in [0, 0.1) is 0 Å². The van der Waals surface area contributed by atoms with Crippen molar-refractivity contribution in [3.05, 3.63) is 24.7 Å². The van der Waals surface area contributed by atoms with Crippen LogP contribution < -0.4 is 11.1 Å². The smallest absolute Gasteiger partial charge is 0.228 e. The number of rotatable bonds is 2. The third kappa shape index (κ3) is 1.63. The van der Waals surface area contributed by atoms with Crippen molar-refractivity contribution in [1.82, 2.24) is 19.7 Å². The van der Waals surface area contributed by atoms with Gasteiger partial charge in [-0.3, -0.25) is 4.68 Å². The first-order chi connectivity index (χ1) is 6.75. The number of aryl methyl sites for hydroxylation is 1. The van der Waals surface area contributed by atoms with Gasteiger partial charge in [0, 0.05) is 13.1 Å². The molecule has 2 aromatic heterocycles. The van der Waals surface area contributed by atoms with Gasteiger partial charge < -0.3 is 11.1 Å². The Balaban J connectivity index is 2.19. The molecule has 2 aromatic rings. The number of anilines is 3. The first kappa shape index (κ1) is 8.49. The van der Waals surface area contributed by atoms with E-state index < -0.39 is 0 Å². The molecule has 72 valence electrons. The van der Waals surface area contributed by atoms with Crippen LogP contribution in [0.1, 0.15) is 0 Å². The molecule has 0 saturated carbocycles. The zero-order valence-corrected chi connectivity index (χ0v) is 7.68. The second-order valence-corrected chi connectivity index (χ2v) is 2.81. The average Bonchev–Trinajstić information content (AvgIpc) is 2.56. The topological polar surface area (TPSA) is 81.7 Å². The van der Waals surface area contributed by atoms with Gasteiger partial charge in [-0.15, -0.1) is 0 Å². The van der Waals surface area contributed by atoms with E-state index in [0.717, 1.165) is 5.82 Å². The van der Waals surface area contributed by atoms with Crippen molar-refractivity contribution in [3.63, 3.8) is 0 Å². The number of hydrogen-bond donors (Lipinski definition) is 2. The van der Waals surface area contributed by atoms with E-state index in [1.54, 1.807) is 23.3 Å². The van der Waals surface area contributed by atoms with Crippen LogP contribution in [0.25, 0.3) is 0 Å². The summed E-state index contributed by atoms with van der Waals surface area (Å²) >= 11 is 0. The second-order valence-electron chi connectivity index (χ2n) is 2.81. The molecule has 0 aliphatic rings. The molecule has 3 N–H and O–H groups in total. The largest absolute Gasteiger partial charge is 0.396 e. The Kier molecular flexibility index (Phi) is 2.02. The molecular formula is C8H10N6. The molecule has 0 radical (unpaired) electrons. The van der Waals surface area contributed by atoms with E-state index in [4.69, 9.17) is 5.73 Å². The van der Waals surface area contributed by atoms with E-state index in [9.17, 15) is 0 Å². The highest BCUT2D eigenvalue weighted by atomic mass is 15.3. The Morgan fingerprint density at radius 3 is 2.64 bits per heavy atom. The molecule has 6 nitrogen and oxygen atoms in total. The zero-order valence-electron chi connectivity index (χ0n) is 7.68. The summed E-state index contributed by atoms with van der Waals surface area (Å²) in [5.41, 5.74) is 6.00. The maximum Gasteiger partial charge on any atom is 0.228 e.